The highest BCUT2D eigenvalue weighted by atomic mass is 16.7. The summed E-state index contributed by atoms with van der Waals surface area (Å²) >= 11 is 0. The molecule has 5 atom stereocenters. The molecule has 0 bridgehead atoms. The van der Waals surface area contributed by atoms with Crippen molar-refractivity contribution in [1.82, 2.24) is 0 Å². The van der Waals surface area contributed by atoms with Crippen molar-refractivity contribution in [3.63, 3.8) is 0 Å². The zero-order valence-corrected chi connectivity index (χ0v) is 19.8. The summed E-state index contributed by atoms with van der Waals surface area (Å²) in [7, 11) is 0. The summed E-state index contributed by atoms with van der Waals surface area (Å²) in [6, 6.07) is 5.06. The van der Waals surface area contributed by atoms with Gasteiger partial charge in [-0.2, -0.15) is 0 Å². The summed E-state index contributed by atoms with van der Waals surface area (Å²) < 4.78 is 21.7. The SMILES string of the molecule is CC(=O)OC1C(C)OC(Oc2cc(O)c3c(c2)C(=O)c2cc(C)cc(O)c2C3=O)C(O)C1OC(C)=O. The van der Waals surface area contributed by atoms with Crippen LogP contribution in [0.2, 0.25) is 0 Å². The topological polar surface area (TPSA) is 166 Å². The molecule has 0 aromatic heterocycles. The van der Waals surface area contributed by atoms with Crippen molar-refractivity contribution in [2.75, 3.05) is 0 Å². The molecule has 1 saturated heterocycles. The van der Waals surface area contributed by atoms with E-state index in [2.05, 4.69) is 0 Å². The minimum Gasteiger partial charge on any atom is -0.507 e. The number of rotatable bonds is 4. The molecule has 1 fully saturated rings. The van der Waals surface area contributed by atoms with E-state index in [0.717, 1.165) is 19.9 Å². The van der Waals surface area contributed by atoms with Gasteiger partial charge in [-0.25, -0.2) is 0 Å². The van der Waals surface area contributed by atoms with Gasteiger partial charge in [0.2, 0.25) is 12.1 Å². The van der Waals surface area contributed by atoms with Crippen molar-refractivity contribution in [1.29, 1.82) is 0 Å². The van der Waals surface area contributed by atoms with Gasteiger partial charge < -0.3 is 34.3 Å². The molecule has 11 nitrogen and oxygen atoms in total. The van der Waals surface area contributed by atoms with E-state index in [-0.39, 0.29) is 33.8 Å². The fourth-order valence-electron chi connectivity index (χ4n) is 4.44. The first kappa shape index (κ1) is 25.1. The quantitative estimate of drug-likeness (QED) is 0.445. The number of benzene rings is 2. The minimum absolute atomic E-state index is 0.0248. The molecule has 1 aliphatic carbocycles. The Labute approximate surface area is 205 Å². The standard InChI is InChI=1S/C25H24O11/c1-9-5-14-18(16(28)6-9)21(31)19-15(20(14)30)7-13(8-17(19)29)36-25-22(32)24(35-12(4)27)23(10(2)33-25)34-11(3)26/h5-8,10,22-25,28-29,32H,1-4H3. The number of aryl methyl sites for hydroxylation is 1. The van der Waals surface area contributed by atoms with E-state index >= 15 is 0 Å². The number of aliphatic hydroxyl groups is 1. The van der Waals surface area contributed by atoms with Crippen LogP contribution in [-0.4, -0.2) is 69.5 Å². The maximum Gasteiger partial charge on any atom is 0.303 e. The second kappa shape index (κ2) is 9.25. The van der Waals surface area contributed by atoms with Crippen LogP contribution in [0.3, 0.4) is 0 Å². The van der Waals surface area contributed by atoms with Crippen molar-refractivity contribution in [2.45, 2.75) is 58.4 Å². The molecule has 4 rings (SSSR count). The fourth-order valence-corrected chi connectivity index (χ4v) is 4.44. The number of carbonyl (C=O) groups excluding carboxylic acids is 4. The predicted octanol–water partition coefficient (Wildman–Crippen LogP) is 1.53. The third kappa shape index (κ3) is 4.38. The van der Waals surface area contributed by atoms with Crippen molar-refractivity contribution >= 4 is 23.5 Å². The Kier molecular flexibility index (Phi) is 6.46. The number of esters is 2. The number of aromatic hydroxyl groups is 2. The Hall–Kier alpha value is -3.96. The van der Waals surface area contributed by atoms with Crippen LogP contribution in [0.5, 0.6) is 17.2 Å². The number of fused-ring (bicyclic) bond motifs is 2. The zero-order valence-electron chi connectivity index (χ0n) is 19.8. The highest BCUT2D eigenvalue weighted by Gasteiger charge is 2.49. The Morgan fingerprint density at radius 2 is 1.42 bits per heavy atom. The molecule has 0 spiro atoms. The van der Waals surface area contributed by atoms with Crippen LogP contribution in [0.4, 0.5) is 0 Å². The lowest BCUT2D eigenvalue weighted by molar-refractivity contribution is -0.276. The molecular formula is C25H24O11. The molecule has 2 aromatic carbocycles. The summed E-state index contributed by atoms with van der Waals surface area (Å²) in [5.74, 6) is -3.86. The van der Waals surface area contributed by atoms with E-state index in [0.29, 0.717) is 5.56 Å². The maximum atomic E-state index is 13.2. The first-order valence-electron chi connectivity index (χ1n) is 11.0. The monoisotopic (exact) mass is 500 g/mol. The number of ether oxygens (including phenoxy) is 4. The molecule has 1 heterocycles. The minimum atomic E-state index is -1.62. The van der Waals surface area contributed by atoms with Gasteiger partial charge in [0.05, 0.1) is 17.2 Å². The van der Waals surface area contributed by atoms with Crippen LogP contribution in [-0.2, 0) is 23.8 Å². The lowest BCUT2D eigenvalue weighted by Crippen LogP contribution is -2.60. The summed E-state index contributed by atoms with van der Waals surface area (Å²) in [4.78, 5) is 49.3. The maximum absolute atomic E-state index is 13.2. The van der Waals surface area contributed by atoms with Gasteiger partial charge in [0.25, 0.3) is 0 Å². The highest BCUT2D eigenvalue weighted by Crippen LogP contribution is 2.40. The summed E-state index contributed by atoms with van der Waals surface area (Å²) in [6.07, 6.45) is -6.40. The summed E-state index contributed by atoms with van der Waals surface area (Å²) in [5.41, 5.74) is -0.143. The van der Waals surface area contributed by atoms with E-state index in [1.165, 1.54) is 25.1 Å². The Bertz CT molecular complexity index is 1280. The van der Waals surface area contributed by atoms with Gasteiger partial charge in [0.1, 0.15) is 17.2 Å². The third-order valence-corrected chi connectivity index (χ3v) is 5.90. The van der Waals surface area contributed by atoms with E-state index < -0.39 is 60.0 Å². The smallest absolute Gasteiger partial charge is 0.303 e. The number of hydrogen-bond donors (Lipinski definition) is 3. The van der Waals surface area contributed by atoms with Crippen LogP contribution < -0.4 is 4.74 Å². The van der Waals surface area contributed by atoms with Crippen LogP contribution >= 0.6 is 0 Å². The first-order chi connectivity index (χ1) is 16.9. The third-order valence-electron chi connectivity index (χ3n) is 5.90. The molecule has 2 aromatic rings. The van der Waals surface area contributed by atoms with Crippen molar-refractivity contribution in [3.8, 4) is 17.2 Å². The van der Waals surface area contributed by atoms with E-state index in [1.807, 2.05) is 0 Å². The molecule has 190 valence electrons. The van der Waals surface area contributed by atoms with Crippen LogP contribution in [0.25, 0.3) is 0 Å². The second-order valence-electron chi connectivity index (χ2n) is 8.70. The Balaban J connectivity index is 1.68. The van der Waals surface area contributed by atoms with E-state index in [1.54, 1.807) is 6.92 Å². The molecular weight excluding hydrogens is 476 g/mol. The average Bonchev–Trinajstić information content (AvgIpc) is 2.76. The number of phenolic OH excluding ortho intramolecular Hbond substituents is 2. The van der Waals surface area contributed by atoms with Crippen LogP contribution in [0.15, 0.2) is 24.3 Å². The first-order valence-corrected chi connectivity index (χ1v) is 11.0. The lowest BCUT2D eigenvalue weighted by atomic mass is 9.82. The number of carbonyl (C=O) groups is 4. The molecule has 1 aliphatic heterocycles. The van der Waals surface area contributed by atoms with Gasteiger partial charge in [0.15, 0.2) is 24.1 Å². The molecule has 3 N–H and O–H groups in total. The average molecular weight is 500 g/mol. The molecule has 0 amide bonds. The zero-order chi connectivity index (χ0) is 26.5. The molecule has 2 aliphatic rings. The second-order valence-corrected chi connectivity index (χ2v) is 8.70. The number of hydrogen-bond acceptors (Lipinski definition) is 11. The van der Waals surface area contributed by atoms with Gasteiger partial charge in [-0.15, -0.1) is 0 Å². The van der Waals surface area contributed by atoms with Gasteiger partial charge in [-0.05, 0) is 37.6 Å². The van der Waals surface area contributed by atoms with Crippen molar-refractivity contribution < 1.29 is 53.4 Å². The molecule has 36 heavy (non-hydrogen) atoms. The van der Waals surface area contributed by atoms with E-state index in [4.69, 9.17) is 18.9 Å². The fraction of sp³-hybridized carbons (Fsp3) is 0.360. The van der Waals surface area contributed by atoms with Crippen LogP contribution in [0, 0.1) is 6.92 Å². The molecule has 0 radical (unpaired) electrons. The van der Waals surface area contributed by atoms with E-state index in [9.17, 15) is 34.5 Å². The number of phenols is 2. The van der Waals surface area contributed by atoms with Gasteiger partial charge >= 0.3 is 11.9 Å². The summed E-state index contributed by atoms with van der Waals surface area (Å²) in [5, 5.41) is 31.6. The largest absolute Gasteiger partial charge is 0.507 e. The Morgan fingerprint density at radius 1 is 0.861 bits per heavy atom. The van der Waals surface area contributed by atoms with Gasteiger partial charge in [-0.1, -0.05) is 0 Å². The Morgan fingerprint density at radius 3 is 2.03 bits per heavy atom. The van der Waals surface area contributed by atoms with Crippen LogP contribution in [0.1, 0.15) is 58.2 Å². The molecule has 5 unspecified atom stereocenters. The summed E-state index contributed by atoms with van der Waals surface area (Å²) in [6.45, 7) is 5.44. The van der Waals surface area contributed by atoms with Crippen molar-refractivity contribution in [3.05, 3.63) is 52.1 Å². The number of aliphatic hydroxyl groups excluding tert-OH is 1. The van der Waals surface area contributed by atoms with Gasteiger partial charge in [-0.3, -0.25) is 19.2 Å². The molecule has 0 saturated carbocycles. The predicted molar refractivity (Wildman–Crippen MR) is 120 cm³/mol. The molecule has 11 heteroatoms. The highest BCUT2D eigenvalue weighted by molar-refractivity contribution is 6.30. The van der Waals surface area contributed by atoms with Gasteiger partial charge in [0, 0.05) is 31.0 Å². The number of ketones is 2. The normalized spacial score (nSPS) is 25.0. The lowest BCUT2D eigenvalue weighted by Gasteiger charge is -2.42. The van der Waals surface area contributed by atoms with Crippen molar-refractivity contribution in [2.24, 2.45) is 0 Å².